The van der Waals surface area contributed by atoms with Gasteiger partial charge in [0.2, 0.25) is 0 Å². The van der Waals surface area contributed by atoms with Crippen molar-refractivity contribution in [1.29, 1.82) is 5.26 Å². The van der Waals surface area contributed by atoms with Crippen molar-refractivity contribution in [2.24, 2.45) is 5.73 Å². The van der Waals surface area contributed by atoms with Gasteiger partial charge >= 0.3 is 0 Å². The van der Waals surface area contributed by atoms with E-state index >= 15 is 0 Å². The highest BCUT2D eigenvalue weighted by atomic mass is 14.6. The van der Waals surface area contributed by atoms with Gasteiger partial charge in [-0.15, -0.1) is 0 Å². The first kappa shape index (κ1) is 7.03. The normalized spacial score (nSPS) is 12.1. The Bertz CT molecular complexity index is 135. The predicted molar refractivity (Wildman–Crippen MR) is 32.8 cm³/mol. The number of hydrogen-bond donors (Lipinski definition) is 1. The molecule has 2 N–H and O–H groups in total. The average molecular weight is 110 g/mol. The lowest BCUT2D eigenvalue weighted by Gasteiger charge is -1.91. The van der Waals surface area contributed by atoms with Crippen LogP contribution in [-0.4, -0.2) is 0 Å². The Labute approximate surface area is 49.6 Å². The second kappa shape index (κ2) is 3.09. The van der Waals surface area contributed by atoms with Gasteiger partial charge in [-0.2, -0.15) is 5.26 Å². The molecule has 8 heavy (non-hydrogen) atoms. The Morgan fingerprint density at radius 3 is 2.25 bits per heavy atom. The van der Waals surface area contributed by atoms with E-state index in [2.05, 4.69) is 0 Å². The summed E-state index contributed by atoms with van der Waals surface area (Å²) in [7, 11) is 0. The SMILES string of the molecule is CC/C(C#N)=C(\C)N. The fourth-order valence-electron chi connectivity index (χ4n) is 0.446. The number of nitrogens with two attached hydrogens (primary N) is 1. The molecule has 0 heterocycles. The molecule has 0 spiro atoms. The summed E-state index contributed by atoms with van der Waals surface area (Å²) >= 11 is 0. The third kappa shape index (κ3) is 1.65. The zero-order chi connectivity index (χ0) is 6.57. The summed E-state index contributed by atoms with van der Waals surface area (Å²) in [5.74, 6) is 0. The van der Waals surface area contributed by atoms with E-state index < -0.39 is 0 Å². The molecule has 0 atom stereocenters. The molecule has 2 heteroatoms. The first-order valence-corrected chi connectivity index (χ1v) is 2.57. The molecule has 0 unspecified atom stereocenters. The molecule has 0 bridgehead atoms. The van der Waals surface area contributed by atoms with Gasteiger partial charge in [-0.25, -0.2) is 0 Å². The fraction of sp³-hybridized carbons (Fsp3) is 0.500. The van der Waals surface area contributed by atoms with E-state index in [0.717, 1.165) is 6.42 Å². The van der Waals surface area contributed by atoms with E-state index in [1.807, 2.05) is 13.0 Å². The molecule has 0 aromatic rings. The number of allylic oxidation sites excluding steroid dienone is 2. The molecule has 0 saturated heterocycles. The maximum absolute atomic E-state index is 8.31. The van der Waals surface area contributed by atoms with E-state index in [0.29, 0.717) is 11.3 Å². The van der Waals surface area contributed by atoms with Crippen molar-refractivity contribution in [3.05, 3.63) is 11.3 Å². The lowest BCUT2D eigenvalue weighted by Crippen LogP contribution is -1.95. The Morgan fingerprint density at radius 1 is 1.75 bits per heavy atom. The minimum atomic E-state index is 0.634. The summed E-state index contributed by atoms with van der Waals surface area (Å²) in [6, 6.07) is 2.01. The number of rotatable bonds is 1. The zero-order valence-corrected chi connectivity index (χ0v) is 5.23. The molecular formula is C6H10N2. The van der Waals surface area contributed by atoms with Crippen molar-refractivity contribution < 1.29 is 0 Å². The van der Waals surface area contributed by atoms with Gasteiger partial charge in [0.15, 0.2) is 0 Å². The van der Waals surface area contributed by atoms with Crippen LogP contribution < -0.4 is 5.73 Å². The van der Waals surface area contributed by atoms with Gasteiger partial charge in [-0.3, -0.25) is 0 Å². The van der Waals surface area contributed by atoms with Gasteiger partial charge in [0.05, 0.1) is 6.07 Å². The number of hydrogen-bond acceptors (Lipinski definition) is 2. The van der Waals surface area contributed by atoms with Crippen LogP contribution in [0.25, 0.3) is 0 Å². The quantitative estimate of drug-likeness (QED) is 0.515. The van der Waals surface area contributed by atoms with Crippen LogP contribution in [0.3, 0.4) is 0 Å². The summed E-state index contributed by atoms with van der Waals surface area (Å²) < 4.78 is 0. The lowest BCUT2D eigenvalue weighted by molar-refractivity contribution is 1.09. The maximum Gasteiger partial charge on any atom is 0.0964 e. The minimum Gasteiger partial charge on any atom is -0.401 e. The molecule has 0 radical (unpaired) electrons. The van der Waals surface area contributed by atoms with Crippen molar-refractivity contribution >= 4 is 0 Å². The highest BCUT2D eigenvalue weighted by Crippen LogP contribution is 1.99. The molecule has 0 fully saturated rings. The monoisotopic (exact) mass is 110 g/mol. The second-order valence-corrected chi connectivity index (χ2v) is 1.63. The van der Waals surface area contributed by atoms with Gasteiger partial charge in [-0.1, -0.05) is 6.92 Å². The van der Waals surface area contributed by atoms with E-state index in [1.54, 1.807) is 6.92 Å². The van der Waals surface area contributed by atoms with Crippen LogP contribution in [0, 0.1) is 11.3 Å². The second-order valence-electron chi connectivity index (χ2n) is 1.63. The topological polar surface area (TPSA) is 49.8 Å². The van der Waals surface area contributed by atoms with Crippen LogP contribution in [0.5, 0.6) is 0 Å². The molecule has 0 aliphatic rings. The van der Waals surface area contributed by atoms with Crippen molar-refractivity contribution in [1.82, 2.24) is 0 Å². The van der Waals surface area contributed by atoms with Crippen LogP contribution in [0.15, 0.2) is 11.3 Å². The Kier molecular flexibility index (Phi) is 2.71. The standard InChI is InChI=1S/C6H10N2/c1-3-6(4-7)5(2)8/h3,8H2,1-2H3/b6-5-. The van der Waals surface area contributed by atoms with E-state index in [4.69, 9.17) is 11.0 Å². The van der Waals surface area contributed by atoms with Crippen LogP contribution >= 0.6 is 0 Å². The average Bonchev–Trinajstić information content (AvgIpc) is 1.69. The van der Waals surface area contributed by atoms with Gasteiger partial charge in [-0.05, 0) is 13.3 Å². The molecule has 0 rings (SSSR count). The number of nitrogens with zero attached hydrogens (tertiary/aromatic N) is 1. The lowest BCUT2D eigenvalue weighted by atomic mass is 10.2. The number of nitriles is 1. The van der Waals surface area contributed by atoms with Gasteiger partial charge < -0.3 is 5.73 Å². The summed E-state index contributed by atoms with van der Waals surface area (Å²) in [6.07, 6.45) is 0.735. The summed E-state index contributed by atoms with van der Waals surface area (Å²) in [5, 5.41) is 8.31. The van der Waals surface area contributed by atoms with Gasteiger partial charge in [0.25, 0.3) is 0 Å². The zero-order valence-electron chi connectivity index (χ0n) is 5.23. The first-order valence-electron chi connectivity index (χ1n) is 2.57. The van der Waals surface area contributed by atoms with E-state index in [1.165, 1.54) is 0 Å². The third-order valence-electron chi connectivity index (χ3n) is 0.965. The predicted octanol–water partition coefficient (Wildman–Crippen LogP) is 1.15. The van der Waals surface area contributed by atoms with Crippen LogP contribution in [0.1, 0.15) is 20.3 Å². The van der Waals surface area contributed by atoms with Crippen molar-refractivity contribution in [2.45, 2.75) is 20.3 Å². The Hall–Kier alpha value is -0.970. The maximum atomic E-state index is 8.31. The smallest absolute Gasteiger partial charge is 0.0964 e. The first-order chi connectivity index (χ1) is 3.72. The van der Waals surface area contributed by atoms with Crippen molar-refractivity contribution in [2.75, 3.05) is 0 Å². The Balaban J connectivity index is 4.15. The summed E-state index contributed by atoms with van der Waals surface area (Å²) in [4.78, 5) is 0. The molecule has 0 aliphatic carbocycles. The molecule has 44 valence electrons. The minimum absolute atomic E-state index is 0.634. The van der Waals surface area contributed by atoms with Gasteiger partial charge in [0.1, 0.15) is 0 Å². The molecule has 0 aliphatic heterocycles. The summed E-state index contributed by atoms with van der Waals surface area (Å²) in [6.45, 7) is 3.65. The Morgan fingerprint density at radius 2 is 2.25 bits per heavy atom. The highest BCUT2D eigenvalue weighted by Gasteiger charge is 1.91. The van der Waals surface area contributed by atoms with Crippen LogP contribution in [0.2, 0.25) is 0 Å². The molecule has 0 aromatic carbocycles. The van der Waals surface area contributed by atoms with Crippen LogP contribution in [0.4, 0.5) is 0 Å². The summed E-state index contributed by atoms with van der Waals surface area (Å²) in [5.41, 5.74) is 6.63. The molecular weight excluding hydrogens is 100 g/mol. The van der Waals surface area contributed by atoms with Gasteiger partial charge in [0, 0.05) is 11.3 Å². The van der Waals surface area contributed by atoms with E-state index in [9.17, 15) is 0 Å². The largest absolute Gasteiger partial charge is 0.401 e. The van der Waals surface area contributed by atoms with Crippen LogP contribution in [-0.2, 0) is 0 Å². The van der Waals surface area contributed by atoms with Crippen molar-refractivity contribution in [3.8, 4) is 6.07 Å². The molecule has 2 nitrogen and oxygen atoms in total. The molecule has 0 saturated carbocycles. The third-order valence-corrected chi connectivity index (χ3v) is 0.965. The fourth-order valence-corrected chi connectivity index (χ4v) is 0.446. The van der Waals surface area contributed by atoms with E-state index in [-0.39, 0.29) is 0 Å². The molecule has 0 aromatic heterocycles. The highest BCUT2D eigenvalue weighted by molar-refractivity contribution is 5.23. The van der Waals surface area contributed by atoms with Crippen molar-refractivity contribution in [3.63, 3.8) is 0 Å². The molecule has 0 amide bonds.